The normalized spacial score (nSPS) is 15.7. The Labute approximate surface area is 174 Å². The molecule has 2 aromatic carbocycles. The Morgan fingerprint density at radius 3 is 2.31 bits per heavy atom. The second-order valence-electron chi connectivity index (χ2n) is 6.66. The molecular weight excluding hydrogens is 416 g/mol. The van der Waals surface area contributed by atoms with Crippen LogP contribution in [0.15, 0.2) is 53.4 Å². The topological polar surface area (TPSA) is 92.8 Å². The van der Waals surface area contributed by atoms with Crippen LogP contribution in [0.2, 0.25) is 5.02 Å². The molecule has 0 unspecified atom stereocenters. The Hall–Kier alpha value is -2.42. The Bertz CT molecular complexity index is 1000. The van der Waals surface area contributed by atoms with Gasteiger partial charge in [0, 0.05) is 24.0 Å². The highest BCUT2D eigenvalue weighted by molar-refractivity contribution is 7.89. The minimum Gasteiger partial charge on any atom is -0.465 e. The average molecular weight is 437 g/mol. The number of esters is 1. The molecule has 3 rings (SSSR count). The van der Waals surface area contributed by atoms with Gasteiger partial charge in [-0.3, -0.25) is 4.79 Å². The molecule has 0 bridgehead atoms. The molecule has 1 aliphatic heterocycles. The third-order valence-electron chi connectivity index (χ3n) is 4.87. The van der Waals surface area contributed by atoms with Crippen LogP contribution >= 0.6 is 11.6 Å². The number of carbonyl (C=O) groups excluding carboxylic acids is 2. The third kappa shape index (κ3) is 4.77. The van der Waals surface area contributed by atoms with Crippen LogP contribution in [0.5, 0.6) is 0 Å². The van der Waals surface area contributed by atoms with Gasteiger partial charge in [0.15, 0.2) is 0 Å². The molecule has 1 N–H and O–H groups in total. The predicted octanol–water partition coefficient (Wildman–Crippen LogP) is 3.17. The molecule has 0 aliphatic carbocycles. The monoisotopic (exact) mass is 436 g/mol. The zero-order valence-electron chi connectivity index (χ0n) is 15.8. The van der Waals surface area contributed by atoms with Gasteiger partial charge in [-0.1, -0.05) is 23.7 Å². The lowest BCUT2D eigenvalue weighted by Crippen LogP contribution is -2.41. The van der Waals surface area contributed by atoms with E-state index >= 15 is 0 Å². The summed E-state index contributed by atoms with van der Waals surface area (Å²) in [5.74, 6) is -1.13. The third-order valence-corrected chi connectivity index (χ3v) is 7.03. The van der Waals surface area contributed by atoms with E-state index in [1.165, 1.54) is 35.7 Å². The fraction of sp³-hybridized carbons (Fsp3) is 0.300. The lowest BCUT2D eigenvalue weighted by Gasteiger charge is -2.30. The fourth-order valence-electron chi connectivity index (χ4n) is 3.23. The van der Waals surface area contributed by atoms with Gasteiger partial charge in [-0.15, -0.1) is 0 Å². The number of carbonyl (C=O) groups is 2. The van der Waals surface area contributed by atoms with Crippen molar-refractivity contribution in [2.45, 2.75) is 17.7 Å². The number of methoxy groups -OCH3 is 1. The molecule has 0 radical (unpaired) electrons. The predicted molar refractivity (Wildman–Crippen MR) is 109 cm³/mol. The van der Waals surface area contributed by atoms with Crippen LogP contribution < -0.4 is 5.32 Å². The number of ether oxygens (including phenoxy) is 1. The fourth-order valence-corrected chi connectivity index (χ4v) is 4.82. The molecule has 0 saturated carbocycles. The van der Waals surface area contributed by atoms with E-state index < -0.39 is 16.0 Å². The summed E-state index contributed by atoms with van der Waals surface area (Å²) in [6, 6.07) is 12.6. The Morgan fingerprint density at radius 1 is 1.07 bits per heavy atom. The molecule has 29 heavy (non-hydrogen) atoms. The summed E-state index contributed by atoms with van der Waals surface area (Å²) in [6.45, 7) is 0.476. The van der Waals surface area contributed by atoms with Crippen molar-refractivity contribution in [2.75, 3.05) is 25.5 Å². The number of nitrogens with one attached hydrogen (secondary N) is 1. The number of hydrogen-bond acceptors (Lipinski definition) is 5. The first-order valence-corrected chi connectivity index (χ1v) is 10.9. The van der Waals surface area contributed by atoms with Crippen LogP contribution in [0.25, 0.3) is 0 Å². The van der Waals surface area contributed by atoms with Crippen LogP contribution in [-0.4, -0.2) is 44.8 Å². The van der Waals surface area contributed by atoms with Crippen molar-refractivity contribution in [2.24, 2.45) is 5.92 Å². The number of hydrogen-bond donors (Lipinski definition) is 1. The van der Waals surface area contributed by atoms with Crippen molar-refractivity contribution in [1.82, 2.24) is 4.31 Å². The Morgan fingerprint density at radius 2 is 1.69 bits per heavy atom. The van der Waals surface area contributed by atoms with E-state index in [1.54, 1.807) is 24.3 Å². The minimum absolute atomic E-state index is 0.178. The van der Waals surface area contributed by atoms with Crippen molar-refractivity contribution >= 4 is 39.2 Å². The zero-order valence-corrected chi connectivity index (χ0v) is 17.4. The average Bonchev–Trinajstić information content (AvgIpc) is 2.74. The van der Waals surface area contributed by atoms with Crippen molar-refractivity contribution in [3.63, 3.8) is 0 Å². The molecule has 9 heteroatoms. The van der Waals surface area contributed by atoms with E-state index in [4.69, 9.17) is 16.3 Å². The van der Waals surface area contributed by atoms with Gasteiger partial charge in [-0.25, -0.2) is 13.2 Å². The van der Waals surface area contributed by atoms with Gasteiger partial charge in [0.1, 0.15) is 0 Å². The maximum Gasteiger partial charge on any atom is 0.339 e. The summed E-state index contributed by atoms with van der Waals surface area (Å²) >= 11 is 5.83. The molecule has 1 heterocycles. The maximum absolute atomic E-state index is 12.7. The highest BCUT2D eigenvalue weighted by Gasteiger charge is 2.32. The van der Waals surface area contributed by atoms with E-state index in [1.807, 2.05) is 0 Å². The Balaban J connectivity index is 1.64. The maximum atomic E-state index is 12.7. The lowest BCUT2D eigenvalue weighted by molar-refractivity contribution is -0.120. The van der Waals surface area contributed by atoms with Crippen LogP contribution in [0, 0.1) is 5.92 Å². The molecule has 1 aliphatic rings. The number of piperidine rings is 1. The molecule has 0 atom stereocenters. The number of benzene rings is 2. The molecule has 154 valence electrons. The molecule has 0 spiro atoms. The number of para-hydroxylation sites is 1. The summed E-state index contributed by atoms with van der Waals surface area (Å²) in [4.78, 5) is 24.7. The quantitative estimate of drug-likeness (QED) is 0.726. The summed E-state index contributed by atoms with van der Waals surface area (Å²) in [7, 11) is -2.35. The molecule has 7 nitrogen and oxygen atoms in total. The van der Waals surface area contributed by atoms with E-state index in [0.29, 0.717) is 23.6 Å². The summed E-state index contributed by atoms with van der Waals surface area (Å²) in [6.07, 6.45) is 0.776. The van der Waals surface area contributed by atoms with Crippen molar-refractivity contribution in [3.05, 3.63) is 59.1 Å². The number of anilines is 1. The van der Waals surface area contributed by atoms with Crippen LogP contribution in [0.1, 0.15) is 23.2 Å². The van der Waals surface area contributed by atoms with E-state index in [0.717, 1.165) is 0 Å². The molecule has 1 saturated heterocycles. The highest BCUT2D eigenvalue weighted by Crippen LogP contribution is 2.26. The van der Waals surface area contributed by atoms with Crippen molar-refractivity contribution < 1.29 is 22.7 Å². The molecule has 1 fully saturated rings. The van der Waals surface area contributed by atoms with Gasteiger partial charge in [0.25, 0.3) is 0 Å². The number of amides is 1. The van der Waals surface area contributed by atoms with Gasteiger partial charge in [0.05, 0.1) is 23.3 Å². The van der Waals surface area contributed by atoms with Crippen molar-refractivity contribution in [1.29, 1.82) is 0 Å². The van der Waals surface area contributed by atoms with Gasteiger partial charge < -0.3 is 10.1 Å². The lowest BCUT2D eigenvalue weighted by atomic mass is 9.97. The van der Waals surface area contributed by atoms with Crippen LogP contribution in [-0.2, 0) is 19.6 Å². The van der Waals surface area contributed by atoms with E-state index in [-0.39, 0.29) is 35.4 Å². The standard InChI is InChI=1S/C20H21ClN2O5S/c1-28-20(25)17-4-2-3-5-18(17)22-19(24)14-10-12-23(13-11-14)29(26,27)16-8-6-15(21)7-9-16/h2-9,14H,10-13H2,1H3,(H,22,24). The van der Waals surface area contributed by atoms with Crippen LogP contribution in [0.4, 0.5) is 5.69 Å². The van der Waals surface area contributed by atoms with Gasteiger partial charge in [-0.2, -0.15) is 4.31 Å². The minimum atomic E-state index is -3.63. The number of nitrogens with zero attached hydrogens (tertiary/aromatic N) is 1. The number of sulfonamides is 1. The first-order chi connectivity index (χ1) is 13.8. The second kappa shape index (κ2) is 8.94. The second-order valence-corrected chi connectivity index (χ2v) is 9.03. The smallest absolute Gasteiger partial charge is 0.339 e. The molecule has 0 aromatic heterocycles. The molecule has 1 amide bonds. The number of halogens is 1. The van der Waals surface area contributed by atoms with Crippen molar-refractivity contribution in [3.8, 4) is 0 Å². The first kappa shape index (κ1) is 21.3. The first-order valence-electron chi connectivity index (χ1n) is 9.07. The summed E-state index contributed by atoms with van der Waals surface area (Å²) in [5.41, 5.74) is 0.645. The number of rotatable bonds is 5. The highest BCUT2D eigenvalue weighted by atomic mass is 35.5. The van der Waals surface area contributed by atoms with Crippen LogP contribution in [0.3, 0.4) is 0 Å². The van der Waals surface area contributed by atoms with Gasteiger partial charge >= 0.3 is 5.97 Å². The van der Waals surface area contributed by atoms with Gasteiger partial charge in [0.2, 0.25) is 15.9 Å². The molecular formula is C20H21ClN2O5S. The largest absolute Gasteiger partial charge is 0.465 e. The van der Waals surface area contributed by atoms with Gasteiger partial charge in [-0.05, 0) is 49.2 Å². The Kier molecular flexibility index (Phi) is 6.56. The summed E-state index contributed by atoms with van der Waals surface area (Å²) in [5, 5.41) is 3.23. The van der Waals surface area contributed by atoms with E-state index in [9.17, 15) is 18.0 Å². The van der Waals surface area contributed by atoms with E-state index in [2.05, 4.69) is 5.32 Å². The summed E-state index contributed by atoms with van der Waals surface area (Å²) < 4.78 is 31.6. The molecule has 2 aromatic rings. The zero-order chi connectivity index (χ0) is 21.0. The SMILES string of the molecule is COC(=O)c1ccccc1NC(=O)C1CCN(S(=O)(=O)c2ccc(Cl)cc2)CC1.